The lowest BCUT2D eigenvalue weighted by molar-refractivity contribution is 0.103. The minimum absolute atomic E-state index is 0.116. The number of carbonyl (C=O) groups is 1. The Morgan fingerprint density at radius 3 is 2.94 bits per heavy atom. The Morgan fingerprint density at radius 2 is 2.31 bits per heavy atom. The van der Waals surface area contributed by atoms with Gasteiger partial charge in [0.1, 0.15) is 4.88 Å². The van der Waals surface area contributed by atoms with Crippen molar-refractivity contribution in [2.45, 2.75) is 6.92 Å². The van der Waals surface area contributed by atoms with Gasteiger partial charge in [0.05, 0.1) is 11.9 Å². The van der Waals surface area contributed by atoms with Crippen LogP contribution < -0.4 is 5.32 Å². The van der Waals surface area contributed by atoms with E-state index in [-0.39, 0.29) is 5.91 Å². The van der Waals surface area contributed by atoms with Crippen molar-refractivity contribution in [2.75, 3.05) is 5.32 Å². The maximum Gasteiger partial charge on any atom is 0.266 e. The van der Waals surface area contributed by atoms with Crippen molar-refractivity contribution < 1.29 is 4.79 Å². The van der Waals surface area contributed by atoms with Crippen molar-refractivity contribution in [2.24, 2.45) is 0 Å². The average Bonchev–Trinajstić information content (AvgIpc) is 2.64. The Labute approximate surface area is 106 Å². The topological polar surface area (TPSA) is 42.0 Å². The average molecular weight is 297 g/mol. The van der Waals surface area contributed by atoms with Gasteiger partial charge in [-0.15, -0.1) is 11.3 Å². The molecule has 2 aromatic rings. The van der Waals surface area contributed by atoms with Gasteiger partial charge in [0.25, 0.3) is 5.91 Å². The van der Waals surface area contributed by atoms with Gasteiger partial charge in [0.2, 0.25) is 0 Å². The number of nitrogens with one attached hydrogen (secondary N) is 1. The molecule has 2 heterocycles. The molecule has 0 aliphatic rings. The highest BCUT2D eigenvalue weighted by Gasteiger charge is 2.11. The van der Waals surface area contributed by atoms with E-state index >= 15 is 0 Å². The number of carbonyl (C=O) groups excluding carboxylic acids is 1. The van der Waals surface area contributed by atoms with Crippen LogP contribution in [0.25, 0.3) is 0 Å². The Balaban J connectivity index is 2.17. The summed E-state index contributed by atoms with van der Waals surface area (Å²) in [5, 5.41) is 4.67. The number of thiophene rings is 1. The molecule has 82 valence electrons. The van der Waals surface area contributed by atoms with E-state index in [1.165, 1.54) is 11.3 Å². The van der Waals surface area contributed by atoms with E-state index in [0.29, 0.717) is 10.6 Å². The predicted molar refractivity (Wildman–Crippen MR) is 68.9 cm³/mol. The van der Waals surface area contributed by atoms with E-state index in [0.717, 1.165) is 10.0 Å². The number of aromatic nitrogens is 1. The summed E-state index contributed by atoms with van der Waals surface area (Å²) in [7, 11) is 0. The number of hydrogen-bond donors (Lipinski definition) is 1. The van der Waals surface area contributed by atoms with Crippen LogP contribution in [0, 0.1) is 6.92 Å². The minimum atomic E-state index is -0.116. The second-order valence-electron chi connectivity index (χ2n) is 3.30. The largest absolute Gasteiger partial charge is 0.320 e. The van der Waals surface area contributed by atoms with Crippen LogP contribution in [0.3, 0.4) is 0 Å². The van der Waals surface area contributed by atoms with Gasteiger partial charge < -0.3 is 5.32 Å². The molecule has 0 aromatic carbocycles. The van der Waals surface area contributed by atoms with Crippen molar-refractivity contribution >= 4 is 38.9 Å². The maximum atomic E-state index is 11.8. The first-order valence-electron chi connectivity index (χ1n) is 4.63. The molecule has 0 aliphatic heterocycles. The summed E-state index contributed by atoms with van der Waals surface area (Å²) in [5.74, 6) is -0.116. The third kappa shape index (κ3) is 2.48. The molecule has 0 bridgehead atoms. The van der Waals surface area contributed by atoms with Gasteiger partial charge in [0, 0.05) is 10.7 Å². The first kappa shape index (κ1) is 11.3. The first-order valence-corrected chi connectivity index (χ1v) is 6.30. The van der Waals surface area contributed by atoms with Crippen LogP contribution in [0.5, 0.6) is 0 Å². The van der Waals surface area contributed by atoms with E-state index in [1.807, 2.05) is 24.4 Å². The van der Waals surface area contributed by atoms with E-state index in [9.17, 15) is 4.79 Å². The third-order valence-electron chi connectivity index (χ3n) is 1.96. The standard InChI is InChI=1S/C11H9BrN2OS/c1-7-4-8(6-13-5-7)14-11(15)10-9(12)2-3-16-10/h2-6H,1H3,(H,14,15). The van der Waals surface area contributed by atoms with Crippen LogP contribution in [0.15, 0.2) is 34.4 Å². The summed E-state index contributed by atoms with van der Waals surface area (Å²) >= 11 is 4.73. The smallest absolute Gasteiger partial charge is 0.266 e. The molecule has 0 unspecified atom stereocenters. The highest BCUT2D eigenvalue weighted by atomic mass is 79.9. The number of hydrogen-bond acceptors (Lipinski definition) is 3. The number of pyridine rings is 1. The summed E-state index contributed by atoms with van der Waals surface area (Å²) in [6.45, 7) is 1.93. The molecule has 5 heteroatoms. The monoisotopic (exact) mass is 296 g/mol. The van der Waals surface area contributed by atoms with Crippen LogP contribution in [0.1, 0.15) is 15.2 Å². The highest BCUT2D eigenvalue weighted by molar-refractivity contribution is 9.10. The summed E-state index contributed by atoms with van der Waals surface area (Å²) < 4.78 is 0.815. The molecule has 2 aromatic heterocycles. The summed E-state index contributed by atoms with van der Waals surface area (Å²) in [4.78, 5) is 16.5. The van der Waals surface area contributed by atoms with Crippen LogP contribution in [0.2, 0.25) is 0 Å². The van der Waals surface area contributed by atoms with Crippen LogP contribution >= 0.6 is 27.3 Å². The van der Waals surface area contributed by atoms with Crippen molar-refractivity contribution in [3.63, 3.8) is 0 Å². The van der Waals surface area contributed by atoms with E-state index in [4.69, 9.17) is 0 Å². The number of halogens is 1. The zero-order valence-corrected chi connectivity index (χ0v) is 10.9. The molecule has 0 fully saturated rings. The van der Waals surface area contributed by atoms with Crippen LogP contribution in [-0.4, -0.2) is 10.9 Å². The molecular formula is C11H9BrN2OS. The van der Waals surface area contributed by atoms with Gasteiger partial charge >= 0.3 is 0 Å². The normalized spacial score (nSPS) is 10.1. The first-order chi connectivity index (χ1) is 7.66. The lowest BCUT2D eigenvalue weighted by atomic mass is 10.3. The Bertz CT molecular complexity index is 524. The molecule has 0 atom stereocenters. The molecule has 0 spiro atoms. The van der Waals surface area contributed by atoms with Crippen molar-refractivity contribution in [1.82, 2.24) is 4.98 Å². The van der Waals surface area contributed by atoms with Gasteiger partial charge in [-0.25, -0.2) is 0 Å². The molecule has 0 saturated carbocycles. The molecule has 0 saturated heterocycles. The van der Waals surface area contributed by atoms with Crippen molar-refractivity contribution in [3.05, 3.63) is 44.8 Å². The summed E-state index contributed by atoms with van der Waals surface area (Å²) in [6, 6.07) is 3.74. The quantitative estimate of drug-likeness (QED) is 0.922. The molecule has 2 rings (SSSR count). The van der Waals surface area contributed by atoms with E-state index in [1.54, 1.807) is 12.4 Å². The fraction of sp³-hybridized carbons (Fsp3) is 0.0909. The summed E-state index contributed by atoms with van der Waals surface area (Å²) in [6.07, 6.45) is 3.38. The third-order valence-corrected chi connectivity index (χ3v) is 3.79. The van der Waals surface area contributed by atoms with Gasteiger partial charge in [0.15, 0.2) is 0 Å². The maximum absolute atomic E-state index is 11.8. The van der Waals surface area contributed by atoms with E-state index in [2.05, 4.69) is 26.2 Å². The van der Waals surface area contributed by atoms with Crippen LogP contribution in [0.4, 0.5) is 5.69 Å². The van der Waals surface area contributed by atoms with Gasteiger partial charge in [-0.05, 0) is 45.9 Å². The van der Waals surface area contributed by atoms with Crippen molar-refractivity contribution in [1.29, 1.82) is 0 Å². The molecule has 1 amide bonds. The van der Waals surface area contributed by atoms with Gasteiger partial charge in [-0.3, -0.25) is 9.78 Å². The number of nitrogens with zero attached hydrogens (tertiary/aromatic N) is 1. The Morgan fingerprint density at radius 1 is 1.50 bits per heavy atom. The van der Waals surface area contributed by atoms with E-state index < -0.39 is 0 Å². The minimum Gasteiger partial charge on any atom is -0.320 e. The number of rotatable bonds is 2. The second kappa shape index (κ2) is 4.76. The van der Waals surface area contributed by atoms with Gasteiger partial charge in [-0.1, -0.05) is 0 Å². The Hall–Kier alpha value is -1.20. The van der Waals surface area contributed by atoms with Gasteiger partial charge in [-0.2, -0.15) is 0 Å². The number of aryl methyl sites for hydroxylation is 1. The highest BCUT2D eigenvalue weighted by Crippen LogP contribution is 2.23. The summed E-state index contributed by atoms with van der Waals surface area (Å²) in [5.41, 5.74) is 1.73. The second-order valence-corrected chi connectivity index (χ2v) is 5.07. The molecule has 0 aliphatic carbocycles. The molecule has 3 nitrogen and oxygen atoms in total. The zero-order chi connectivity index (χ0) is 11.5. The fourth-order valence-electron chi connectivity index (χ4n) is 1.27. The Kier molecular flexibility index (Phi) is 3.36. The lowest BCUT2D eigenvalue weighted by Crippen LogP contribution is -2.10. The predicted octanol–water partition coefficient (Wildman–Crippen LogP) is 3.47. The molecular weight excluding hydrogens is 288 g/mol. The number of amides is 1. The fourth-order valence-corrected chi connectivity index (χ4v) is 2.71. The lowest BCUT2D eigenvalue weighted by Gasteiger charge is -2.04. The zero-order valence-electron chi connectivity index (χ0n) is 8.53. The van der Waals surface area contributed by atoms with Crippen LogP contribution in [-0.2, 0) is 0 Å². The van der Waals surface area contributed by atoms with Crippen molar-refractivity contribution in [3.8, 4) is 0 Å². The SMILES string of the molecule is Cc1cncc(NC(=O)c2sccc2Br)c1. The molecule has 16 heavy (non-hydrogen) atoms. The number of anilines is 1. The molecule has 1 N–H and O–H groups in total. The molecule has 0 radical (unpaired) electrons.